The van der Waals surface area contributed by atoms with Gasteiger partial charge in [-0.15, -0.1) is 0 Å². The third kappa shape index (κ3) is 2.35. The minimum atomic E-state index is -0.984. The first kappa shape index (κ1) is 13.0. The van der Waals surface area contributed by atoms with Gasteiger partial charge in [0.05, 0.1) is 5.41 Å². The molecular formula is C11H21N3O2. The molecule has 0 bridgehead atoms. The Morgan fingerprint density at radius 2 is 2.12 bits per heavy atom. The lowest BCUT2D eigenvalue weighted by Crippen LogP contribution is -2.57. The molecule has 16 heavy (non-hydrogen) atoms. The van der Waals surface area contributed by atoms with Crippen LogP contribution in [0.4, 0.5) is 0 Å². The third-order valence-corrected chi connectivity index (χ3v) is 3.44. The SMILES string of the molecule is CCC1(C(=O)NC(C)(C)C(N)=O)CCNC1. The van der Waals surface area contributed by atoms with Crippen molar-refractivity contribution >= 4 is 11.8 Å². The van der Waals surface area contributed by atoms with Crippen LogP contribution < -0.4 is 16.4 Å². The Morgan fingerprint density at radius 3 is 2.50 bits per heavy atom. The number of rotatable bonds is 4. The Morgan fingerprint density at radius 1 is 1.50 bits per heavy atom. The predicted octanol–water partition coefficient (Wildman–Crippen LogP) is -0.244. The van der Waals surface area contributed by atoms with Crippen molar-refractivity contribution in [3.63, 3.8) is 0 Å². The topological polar surface area (TPSA) is 84.2 Å². The van der Waals surface area contributed by atoms with E-state index in [2.05, 4.69) is 10.6 Å². The van der Waals surface area contributed by atoms with Gasteiger partial charge in [-0.25, -0.2) is 0 Å². The fourth-order valence-electron chi connectivity index (χ4n) is 1.88. The molecule has 0 aliphatic carbocycles. The molecule has 92 valence electrons. The highest BCUT2D eigenvalue weighted by Gasteiger charge is 2.42. The predicted molar refractivity (Wildman–Crippen MR) is 61.6 cm³/mol. The van der Waals surface area contributed by atoms with Crippen molar-refractivity contribution in [2.24, 2.45) is 11.1 Å². The van der Waals surface area contributed by atoms with E-state index in [1.54, 1.807) is 13.8 Å². The summed E-state index contributed by atoms with van der Waals surface area (Å²) in [6.45, 7) is 6.75. The summed E-state index contributed by atoms with van der Waals surface area (Å²) in [4.78, 5) is 23.3. The molecule has 1 fully saturated rings. The van der Waals surface area contributed by atoms with Gasteiger partial charge < -0.3 is 16.4 Å². The van der Waals surface area contributed by atoms with Gasteiger partial charge in [-0.1, -0.05) is 6.92 Å². The largest absolute Gasteiger partial charge is 0.368 e. The molecule has 1 atom stereocenters. The smallest absolute Gasteiger partial charge is 0.242 e. The van der Waals surface area contributed by atoms with E-state index in [4.69, 9.17) is 5.73 Å². The standard InChI is InChI=1S/C11H21N3O2/c1-4-11(5-6-13-7-11)9(16)14-10(2,3)8(12)15/h13H,4-7H2,1-3H3,(H2,12,15)(H,14,16). The monoisotopic (exact) mass is 227 g/mol. The fourth-order valence-corrected chi connectivity index (χ4v) is 1.88. The van der Waals surface area contributed by atoms with Gasteiger partial charge in [0.25, 0.3) is 0 Å². The lowest BCUT2D eigenvalue weighted by atomic mass is 9.82. The number of nitrogens with one attached hydrogen (secondary N) is 2. The highest BCUT2D eigenvalue weighted by Crippen LogP contribution is 2.30. The Kier molecular flexibility index (Phi) is 3.57. The van der Waals surface area contributed by atoms with E-state index < -0.39 is 11.4 Å². The van der Waals surface area contributed by atoms with E-state index in [0.29, 0.717) is 6.54 Å². The first-order valence-electron chi connectivity index (χ1n) is 5.67. The third-order valence-electron chi connectivity index (χ3n) is 3.44. The van der Waals surface area contributed by atoms with Gasteiger partial charge in [0.2, 0.25) is 11.8 Å². The maximum Gasteiger partial charge on any atom is 0.242 e. The van der Waals surface area contributed by atoms with Crippen LogP contribution in [0.5, 0.6) is 0 Å². The number of amides is 2. The van der Waals surface area contributed by atoms with Crippen LogP contribution in [0.25, 0.3) is 0 Å². The van der Waals surface area contributed by atoms with E-state index in [1.165, 1.54) is 0 Å². The normalized spacial score (nSPS) is 25.4. The Balaban J connectivity index is 2.74. The van der Waals surface area contributed by atoms with Crippen LogP contribution in [-0.4, -0.2) is 30.4 Å². The van der Waals surface area contributed by atoms with Crippen molar-refractivity contribution in [2.75, 3.05) is 13.1 Å². The van der Waals surface area contributed by atoms with Gasteiger partial charge in [-0.05, 0) is 33.2 Å². The molecule has 1 unspecified atom stereocenters. The van der Waals surface area contributed by atoms with Gasteiger partial charge in [0, 0.05) is 6.54 Å². The summed E-state index contributed by atoms with van der Waals surface area (Å²) in [6.07, 6.45) is 1.57. The number of carbonyl (C=O) groups is 2. The molecule has 0 spiro atoms. The van der Waals surface area contributed by atoms with Crippen molar-refractivity contribution in [1.29, 1.82) is 0 Å². The van der Waals surface area contributed by atoms with Gasteiger partial charge in [0.15, 0.2) is 0 Å². The molecule has 0 aromatic heterocycles. The summed E-state index contributed by atoms with van der Waals surface area (Å²) in [5.74, 6) is -0.596. The molecule has 2 amide bonds. The summed E-state index contributed by atoms with van der Waals surface area (Å²) in [6, 6.07) is 0. The van der Waals surface area contributed by atoms with Gasteiger partial charge in [-0.3, -0.25) is 9.59 Å². The number of hydrogen-bond acceptors (Lipinski definition) is 3. The zero-order valence-corrected chi connectivity index (χ0v) is 10.2. The summed E-state index contributed by atoms with van der Waals surface area (Å²) < 4.78 is 0. The van der Waals surface area contributed by atoms with E-state index in [0.717, 1.165) is 19.4 Å². The molecule has 1 rings (SSSR count). The number of nitrogens with two attached hydrogens (primary N) is 1. The quantitative estimate of drug-likeness (QED) is 0.619. The van der Waals surface area contributed by atoms with Crippen LogP contribution in [0.1, 0.15) is 33.6 Å². The summed E-state index contributed by atoms with van der Waals surface area (Å²) in [7, 11) is 0. The van der Waals surface area contributed by atoms with E-state index in [9.17, 15) is 9.59 Å². The molecule has 1 saturated heterocycles. The Bertz CT molecular complexity index is 294. The Labute approximate surface area is 96.1 Å². The van der Waals surface area contributed by atoms with Crippen molar-refractivity contribution in [1.82, 2.24) is 10.6 Å². The van der Waals surface area contributed by atoms with Crippen LogP contribution in [-0.2, 0) is 9.59 Å². The molecule has 0 aromatic rings. The summed E-state index contributed by atoms with van der Waals surface area (Å²) in [5, 5.41) is 5.92. The van der Waals surface area contributed by atoms with Gasteiger partial charge in [0.1, 0.15) is 5.54 Å². The Hall–Kier alpha value is -1.10. The van der Waals surface area contributed by atoms with Gasteiger partial charge >= 0.3 is 0 Å². The van der Waals surface area contributed by atoms with Crippen LogP contribution in [0, 0.1) is 5.41 Å². The molecule has 5 heteroatoms. The highest BCUT2D eigenvalue weighted by molar-refractivity contribution is 5.92. The lowest BCUT2D eigenvalue weighted by molar-refractivity contribution is -0.136. The number of hydrogen-bond donors (Lipinski definition) is 3. The second kappa shape index (κ2) is 4.41. The van der Waals surface area contributed by atoms with Crippen molar-refractivity contribution in [3.05, 3.63) is 0 Å². The maximum absolute atomic E-state index is 12.2. The first-order valence-corrected chi connectivity index (χ1v) is 5.67. The number of primary amides is 1. The second-order valence-electron chi connectivity index (χ2n) is 5.00. The molecule has 1 heterocycles. The van der Waals surface area contributed by atoms with E-state index in [-0.39, 0.29) is 11.3 Å². The minimum absolute atomic E-state index is 0.0798. The zero-order chi connectivity index (χ0) is 12.4. The second-order valence-corrected chi connectivity index (χ2v) is 5.00. The molecular weight excluding hydrogens is 206 g/mol. The summed E-state index contributed by atoms with van der Waals surface area (Å²) in [5.41, 5.74) is 3.87. The van der Waals surface area contributed by atoms with Crippen LogP contribution in [0.2, 0.25) is 0 Å². The first-order chi connectivity index (χ1) is 7.34. The van der Waals surface area contributed by atoms with E-state index in [1.807, 2.05) is 6.92 Å². The molecule has 5 nitrogen and oxygen atoms in total. The molecule has 0 aromatic carbocycles. The van der Waals surface area contributed by atoms with Gasteiger partial charge in [-0.2, -0.15) is 0 Å². The summed E-state index contributed by atoms with van der Waals surface area (Å²) >= 11 is 0. The molecule has 0 saturated carbocycles. The van der Waals surface area contributed by atoms with Crippen molar-refractivity contribution < 1.29 is 9.59 Å². The van der Waals surface area contributed by atoms with Crippen LogP contribution in [0.15, 0.2) is 0 Å². The highest BCUT2D eigenvalue weighted by atomic mass is 16.2. The van der Waals surface area contributed by atoms with E-state index >= 15 is 0 Å². The molecule has 0 radical (unpaired) electrons. The lowest BCUT2D eigenvalue weighted by Gasteiger charge is -2.31. The number of carbonyl (C=O) groups excluding carboxylic acids is 2. The van der Waals surface area contributed by atoms with Crippen LogP contribution in [0.3, 0.4) is 0 Å². The minimum Gasteiger partial charge on any atom is -0.368 e. The average Bonchev–Trinajstić information content (AvgIpc) is 2.66. The van der Waals surface area contributed by atoms with Crippen LogP contribution >= 0.6 is 0 Å². The molecule has 1 aliphatic heterocycles. The molecule has 4 N–H and O–H groups in total. The average molecular weight is 227 g/mol. The maximum atomic E-state index is 12.2. The fraction of sp³-hybridized carbons (Fsp3) is 0.818. The zero-order valence-electron chi connectivity index (χ0n) is 10.2. The van der Waals surface area contributed by atoms with Crippen molar-refractivity contribution in [2.45, 2.75) is 39.2 Å². The molecule has 1 aliphatic rings. The van der Waals surface area contributed by atoms with Crippen molar-refractivity contribution in [3.8, 4) is 0 Å².